The van der Waals surface area contributed by atoms with E-state index in [1.165, 1.54) is 25.0 Å². The number of nitrogens with one attached hydrogen (secondary N) is 1. The molecule has 10 heteroatoms. The zero-order valence-electron chi connectivity index (χ0n) is 16.2. The van der Waals surface area contributed by atoms with E-state index in [9.17, 15) is 13.6 Å². The number of furan rings is 1. The summed E-state index contributed by atoms with van der Waals surface area (Å²) in [5.74, 6) is 1.12. The molecule has 3 heterocycles. The number of aromatic nitrogens is 2. The minimum Gasteiger partial charge on any atom is -0.461 e. The molecule has 1 N–H and O–H groups in total. The number of carbonyl (C=O) groups excluding carboxylic acids is 1. The van der Waals surface area contributed by atoms with Crippen LogP contribution in [0, 0.1) is 6.92 Å². The summed E-state index contributed by atoms with van der Waals surface area (Å²) < 4.78 is 39.3. The first-order valence-electron chi connectivity index (χ1n) is 9.50. The van der Waals surface area contributed by atoms with Crippen LogP contribution in [0.15, 0.2) is 34.7 Å². The summed E-state index contributed by atoms with van der Waals surface area (Å²) in [5, 5.41) is 3.17. The first-order chi connectivity index (χ1) is 14.5. The molecule has 2 aromatic heterocycles. The maximum atomic E-state index is 12.7. The van der Waals surface area contributed by atoms with Gasteiger partial charge in [0.2, 0.25) is 5.13 Å². The third-order valence-electron chi connectivity index (χ3n) is 4.76. The Bertz CT molecular complexity index is 1030. The summed E-state index contributed by atoms with van der Waals surface area (Å²) in [7, 11) is 0. The van der Waals surface area contributed by atoms with E-state index in [4.69, 9.17) is 4.42 Å². The lowest BCUT2D eigenvalue weighted by atomic mass is 10.1. The molecule has 3 aromatic rings. The van der Waals surface area contributed by atoms with Crippen LogP contribution in [0.5, 0.6) is 5.75 Å². The molecule has 1 fully saturated rings. The molecule has 0 spiro atoms. The van der Waals surface area contributed by atoms with Crippen molar-refractivity contribution in [1.29, 1.82) is 0 Å². The summed E-state index contributed by atoms with van der Waals surface area (Å²) in [6.07, 6.45) is 2.37. The van der Waals surface area contributed by atoms with Gasteiger partial charge in [-0.15, -0.1) is 0 Å². The van der Waals surface area contributed by atoms with Gasteiger partial charge in [0.15, 0.2) is 5.82 Å². The molecule has 30 heavy (non-hydrogen) atoms. The number of aryl methyl sites for hydroxylation is 1. The minimum atomic E-state index is -2.91. The average molecular weight is 434 g/mol. The lowest BCUT2D eigenvalue weighted by Crippen LogP contribution is -2.19. The van der Waals surface area contributed by atoms with Gasteiger partial charge >= 0.3 is 6.61 Å². The van der Waals surface area contributed by atoms with Crippen LogP contribution in [0.25, 0.3) is 11.3 Å². The van der Waals surface area contributed by atoms with E-state index in [1.807, 2.05) is 0 Å². The van der Waals surface area contributed by atoms with Crippen LogP contribution in [-0.4, -0.2) is 39.9 Å². The highest BCUT2D eigenvalue weighted by Gasteiger charge is 2.19. The Morgan fingerprint density at radius 2 is 2.13 bits per heavy atom. The predicted molar refractivity (Wildman–Crippen MR) is 108 cm³/mol. The number of amides is 1. The Morgan fingerprint density at radius 3 is 2.90 bits per heavy atom. The first-order valence-corrected chi connectivity index (χ1v) is 10.3. The molecule has 0 aliphatic carbocycles. The molecule has 1 aromatic carbocycles. The number of carbonyl (C=O) groups is 1. The number of likely N-dealkylation sites (tertiary alicyclic amines) is 1. The largest absolute Gasteiger partial charge is 0.461 e. The fraction of sp³-hybridized carbons (Fsp3) is 0.350. The second kappa shape index (κ2) is 8.88. The number of nitrogens with zero attached hydrogens (tertiary/aromatic N) is 3. The van der Waals surface area contributed by atoms with E-state index in [-0.39, 0.29) is 11.7 Å². The van der Waals surface area contributed by atoms with Crippen molar-refractivity contribution < 1.29 is 22.7 Å². The van der Waals surface area contributed by atoms with Gasteiger partial charge in [0.25, 0.3) is 5.91 Å². The van der Waals surface area contributed by atoms with Crippen LogP contribution in [0.4, 0.5) is 13.9 Å². The molecule has 1 aliphatic rings. The molecule has 0 radical (unpaired) electrons. The molecule has 1 amide bonds. The van der Waals surface area contributed by atoms with Gasteiger partial charge in [0, 0.05) is 17.1 Å². The molecular formula is C20H20F2N4O3S. The Labute approximate surface area is 175 Å². The molecule has 0 atom stereocenters. The molecule has 1 saturated heterocycles. The molecule has 0 unspecified atom stereocenters. The van der Waals surface area contributed by atoms with Crippen molar-refractivity contribution in [2.24, 2.45) is 0 Å². The number of benzene rings is 1. The summed E-state index contributed by atoms with van der Waals surface area (Å²) >= 11 is 1.13. The summed E-state index contributed by atoms with van der Waals surface area (Å²) in [5.41, 5.74) is 0.862. The van der Waals surface area contributed by atoms with Crippen molar-refractivity contribution in [2.45, 2.75) is 32.9 Å². The van der Waals surface area contributed by atoms with Gasteiger partial charge in [-0.05, 0) is 51.1 Å². The molecule has 7 nitrogen and oxygen atoms in total. The van der Waals surface area contributed by atoms with Crippen LogP contribution in [0.1, 0.15) is 34.8 Å². The highest BCUT2D eigenvalue weighted by molar-refractivity contribution is 7.09. The van der Waals surface area contributed by atoms with Crippen molar-refractivity contribution in [3.63, 3.8) is 0 Å². The Kier molecular flexibility index (Phi) is 6.05. The minimum absolute atomic E-state index is 0.0157. The summed E-state index contributed by atoms with van der Waals surface area (Å²) in [6.45, 7) is 1.51. The molecular weight excluding hydrogens is 414 g/mol. The Hall–Kier alpha value is -2.85. The van der Waals surface area contributed by atoms with Gasteiger partial charge in [0.1, 0.15) is 17.3 Å². The number of hydrogen-bond donors (Lipinski definition) is 1. The summed E-state index contributed by atoms with van der Waals surface area (Å²) in [4.78, 5) is 19.4. The number of alkyl halides is 2. The first kappa shape index (κ1) is 20.4. The van der Waals surface area contributed by atoms with E-state index in [1.54, 1.807) is 25.1 Å². The maximum absolute atomic E-state index is 12.7. The second-order valence-corrected chi connectivity index (χ2v) is 7.69. The maximum Gasteiger partial charge on any atom is 0.387 e. The number of rotatable bonds is 7. The van der Waals surface area contributed by atoms with Gasteiger partial charge < -0.3 is 9.15 Å². The third-order valence-corrected chi connectivity index (χ3v) is 5.43. The second-order valence-electron chi connectivity index (χ2n) is 6.94. The van der Waals surface area contributed by atoms with Crippen molar-refractivity contribution in [1.82, 2.24) is 14.3 Å². The van der Waals surface area contributed by atoms with E-state index in [0.29, 0.717) is 40.1 Å². The summed E-state index contributed by atoms with van der Waals surface area (Å²) in [6, 6.07) is 7.69. The highest BCUT2D eigenvalue weighted by Crippen LogP contribution is 2.29. The smallest absolute Gasteiger partial charge is 0.387 e. The van der Waals surface area contributed by atoms with Gasteiger partial charge in [-0.25, -0.2) is 4.98 Å². The van der Waals surface area contributed by atoms with E-state index >= 15 is 0 Å². The number of hydrogen-bond acceptors (Lipinski definition) is 7. The van der Waals surface area contributed by atoms with Crippen molar-refractivity contribution in [2.75, 3.05) is 18.4 Å². The molecule has 1 aliphatic heterocycles. The van der Waals surface area contributed by atoms with Gasteiger partial charge in [0.05, 0.1) is 12.1 Å². The lowest BCUT2D eigenvalue weighted by Gasteiger charge is -2.10. The van der Waals surface area contributed by atoms with E-state index in [0.717, 1.165) is 24.6 Å². The van der Waals surface area contributed by atoms with Gasteiger partial charge in [-0.1, -0.05) is 12.1 Å². The predicted octanol–water partition coefficient (Wildman–Crippen LogP) is 4.56. The molecule has 4 rings (SSSR count). The van der Waals surface area contributed by atoms with Crippen LogP contribution in [0.3, 0.4) is 0 Å². The topological polar surface area (TPSA) is 80.5 Å². The SMILES string of the molecule is Cc1oc(-c2cccc(OC(F)F)c2)cc1C(=O)Nc1nc(CN2CCCC2)ns1. The zero-order valence-corrected chi connectivity index (χ0v) is 17.0. The van der Waals surface area contributed by atoms with E-state index in [2.05, 4.69) is 24.3 Å². The number of anilines is 1. The van der Waals surface area contributed by atoms with Crippen molar-refractivity contribution >= 4 is 22.6 Å². The standard InChI is InChI=1S/C20H20F2N4O3S/c1-12-15(10-16(28-12)13-5-4-6-14(9-13)29-19(21)22)18(27)24-20-23-17(25-30-20)11-26-7-2-3-8-26/h4-6,9-10,19H,2-3,7-8,11H2,1H3,(H,23,24,25,27). The fourth-order valence-corrected chi connectivity index (χ4v) is 3.92. The molecule has 158 valence electrons. The average Bonchev–Trinajstić information content (AvgIpc) is 3.44. The Balaban J connectivity index is 1.45. The van der Waals surface area contributed by atoms with Crippen LogP contribution in [0.2, 0.25) is 0 Å². The number of ether oxygens (including phenoxy) is 1. The highest BCUT2D eigenvalue weighted by atomic mass is 32.1. The van der Waals surface area contributed by atoms with Crippen molar-refractivity contribution in [3.05, 3.63) is 47.5 Å². The van der Waals surface area contributed by atoms with Crippen molar-refractivity contribution in [3.8, 4) is 17.1 Å². The number of halogens is 2. The Morgan fingerprint density at radius 1 is 1.33 bits per heavy atom. The monoisotopic (exact) mass is 434 g/mol. The van der Waals surface area contributed by atoms with Gasteiger partial charge in [-0.3, -0.25) is 15.0 Å². The van der Waals surface area contributed by atoms with Gasteiger partial charge in [-0.2, -0.15) is 13.2 Å². The van der Waals surface area contributed by atoms with Crippen LogP contribution >= 0.6 is 11.5 Å². The van der Waals surface area contributed by atoms with E-state index < -0.39 is 6.61 Å². The zero-order chi connectivity index (χ0) is 21.1. The normalized spacial score (nSPS) is 14.4. The quantitative estimate of drug-likeness (QED) is 0.587. The molecule has 0 bridgehead atoms. The molecule has 0 saturated carbocycles. The van der Waals surface area contributed by atoms with Crippen LogP contribution in [-0.2, 0) is 6.54 Å². The van der Waals surface area contributed by atoms with Crippen LogP contribution < -0.4 is 10.1 Å². The third kappa shape index (κ3) is 4.82. The lowest BCUT2D eigenvalue weighted by molar-refractivity contribution is -0.0498. The fourth-order valence-electron chi connectivity index (χ4n) is 3.35.